The van der Waals surface area contributed by atoms with E-state index in [1.54, 1.807) is 0 Å². The van der Waals surface area contributed by atoms with E-state index in [1.807, 2.05) is 0 Å². The van der Waals surface area contributed by atoms with Crippen molar-refractivity contribution in [2.24, 2.45) is 5.92 Å². The Bertz CT molecular complexity index is 746. The van der Waals surface area contributed by atoms with Gasteiger partial charge in [-0.25, -0.2) is 0 Å². The van der Waals surface area contributed by atoms with Crippen LogP contribution in [0, 0.1) is 5.92 Å². The van der Waals surface area contributed by atoms with E-state index < -0.39 is 83.0 Å². The number of alkyl halides is 15. The first kappa shape index (κ1) is 27.2. The molecule has 0 amide bonds. The van der Waals surface area contributed by atoms with E-state index in [1.165, 1.54) is 0 Å². The molecule has 0 heterocycles. The molecule has 0 N–H and O–H groups in total. The molecule has 0 aliphatic heterocycles. The average molecular weight is 488 g/mol. The third-order valence-electron chi connectivity index (χ3n) is 3.97. The van der Waals surface area contributed by atoms with Crippen LogP contribution in [0.2, 0.25) is 0 Å². The molecule has 0 radical (unpaired) electrons. The third kappa shape index (κ3) is 4.83. The second-order valence-corrected chi connectivity index (χ2v) is 6.86. The van der Waals surface area contributed by atoms with Gasteiger partial charge < -0.3 is 0 Å². The Morgan fingerprint density at radius 1 is 0.548 bits per heavy atom. The zero-order valence-electron chi connectivity index (χ0n) is 15.1. The van der Waals surface area contributed by atoms with Gasteiger partial charge in [-0.3, -0.25) is 0 Å². The van der Waals surface area contributed by atoms with E-state index in [2.05, 4.69) is 0 Å². The first-order chi connectivity index (χ1) is 13.4. The average Bonchev–Trinajstić information content (AvgIpc) is 2.50. The van der Waals surface area contributed by atoms with Crippen LogP contribution < -0.4 is 0 Å². The van der Waals surface area contributed by atoms with E-state index in [4.69, 9.17) is 0 Å². The molecule has 0 aliphatic rings. The molecule has 0 saturated heterocycles. The Morgan fingerprint density at radius 2 is 0.839 bits per heavy atom. The highest BCUT2D eigenvalue weighted by atomic mass is 19.4. The molecule has 180 valence electrons. The SMILES string of the molecule is CC(C)Cc1c(C(F)(F)C(F)(F)F)cc(C(F)(F)C(F)(F)F)cc1C(F)(F)C(F)(F)F. The van der Waals surface area contributed by atoms with Gasteiger partial charge in [0, 0.05) is 16.7 Å². The van der Waals surface area contributed by atoms with Crippen molar-refractivity contribution in [3.05, 3.63) is 34.4 Å². The Balaban J connectivity index is 4.25. The smallest absolute Gasteiger partial charge is 0.191 e. The van der Waals surface area contributed by atoms with Crippen LogP contribution in [-0.2, 0) is 24.2 Å². The van der Waals surface area contributed by atoms with Crippen LogP contribution in [0.5, 0.6) is 0 Å². The van der Waals surface area contributed by atoms with Gasteiger partial charge in [-0.1, -0.05) is 13.8 Å². The lowest BCUT2D eigenvalue weighted by atomic mass is 9.84. The number of rotatable bonds is 5. The van der Waals surface area contributed by atoms with Gasteiger partial charge in [0.2, 0.25) is 0 Å². The summed E-state index contributed by atoms with van der Waals surface area (Å²) in [5.41, 5.74) is -10.7. The van der Waals surface area contributed by atoms with E-state index in [9.17, 15) is 65.9 Å². The minimum atomic E-state index is -6.71. The van der Waals surface area contributed by atoms with Crippen LogP contribution >= 0.6 is 0 Å². The van der Waals surface area contributed by atoms with Crippen LogP contribution in [-0.4, -0.2) is 18.5 Å². The Labute approximate surface area is 164 Å². The first-order valence-electron chi connectivity index (χ1n) is 7.91. The molecule has 0 aliphatic carbocycles. The molecule has 15 heteroatoms. The second-order valence-electron chi connectivity index (χ2n) is 6.86. The fourth-order valence-electron chi connectivity index (χ4n) is 2.51. The van der Waals surface area contributed by atoms with Crippen molar-refractivity contribution in [1.82, 2.24) is 0 Å². The van der Waals surface area contributed by atoms with Gasteiger partial charge in [-0.15, -0.1) is 0 Å². The lowest BCUT2D eigenvalue weighted by molar-refractivity contribution is -0.295. The molecule has 0 spiro atoms. The quantitative estimate of drug-likeness (QED) is 0.371. The highest BCUT2D eigenvalue weighted by Crippen LogP contribution is 2.54. The van der Waals surface area contributed by atoms with Crippen molar-refractivity contribution < 1.29 is 65.9 Å². The number of benzene rings is 1. The maximum atomic E-state index is 13.9. The minimum absolute atomic E-state index is 0.989. The van der Waals surface area contributed by atoms with Crippen molar-refractivity contribution in [2.45, 2.75) is 56.6 Å². The van der Waals surface area contributed by atoms with Crippen molar-refractivity contribution in [3.63, 3.8) is 0 Å². The predicted molar refractivity (Wildman–Crippen MR) is 74.8 cm³/mol. The topological polar surface area (TPSA) is 0 Å². The lowest BCUT2D eigenvalue weighted by Crippen LogP contribution is -2.40. The Hall–Kier alpha value is -1.83. The molecule has 0 atom stereocenters. The molecule has 1 aromatic rings. The maximum absolute atomic E-state index is 13.9. The summed E-state index contributed by atoms with van der Waals surface area (Å²) in [7, 11) is 0. The van der Waals surface area contributed by atoms with Crippen LogP contribution in [0.4, 0.5) is 65.9 Å². The van der Waals surface area contributed by atoms with Gasteiger partial charge in [0.1, 0.15) is 0 Å². The van der Waals surface area contributed by atoms with Crippen molar-refractivity contribution in [1.29, 1.82) is 0 Å². The standard InChI is InChI=1S/C16H11F15/c1-6(2)3-8-9(12(19,20)15(26,27)28)4-7(11(17,18)14(23,24)25)5-10(8)13(21,22)16(29,30)31/h4-6H,3H2,1-2H3. The molecule has 1 rings (SSSR count). The van der Waals surface area contributed by atoms with Gasteiger partial charge in [-0.2, -0.15) is 65.9 Å². The van der Waals surface area contributed by atoms with Crippen molar-refractivity contribution >= 4 is 0 Å². The summed E-state index contributed by atoms with van der Waals surface area (Å²) in [5, 5.41) is 0. The number of hydrogen-bond donors (Lipinski definition) is 0. The monoisotopic (exact) mass is 488 g/mol. The highest BCUT2D eigenvalue weighted by Gasteiger charge is 2.65. The van der Waals surface area contributed by atoms with Crippen molar-refractivity contribution in [3.8, 4) is 0 Å². The zero-order chi connectivity index (χ0) is 25.0. The summed E-state index contributed by atoms with van der Waals surface area (Å²) in [6, 6.07) is -2.09. The number of halogens is 15. The summed E-state index contributed by atoms with van der Waals surface area (Å²) >= 11 is 0. The molecule has 0 nitrogen and oxygen atoms in total. The molecule has 0 aromatic heterocycles. The molecular formula is C16H11F15. The highest BCUT2D eigenvalue weighted by molar-refractivity contribution is 5.47. The molecule has 0 unspecified atom stereocenters. The summed E-state index contributed by atoms with van der Waals surface area (Å²) in [5.74, 6) is -20.2. The van der Waals surface area contributed by atoms with Gasteiger partial charge in [0.05, 0.1) is 0 Å². The van der Waals surface area contributed by atoms with E-state index in [-0.39, 0.29) is 0 Å². The van der Waals surface area contributed by atoms with E-state index in [0.717, 1.165) is 13.8 Å². The van der Waals surface area contributed by atoms with Crippen LogP contribution in [0.15, 0.2) is 12.1 Å². The lowest BCUT2D eigenvalue weighted by Gasteiger charge is -2.31. The second kappa shape index (κ2) is 7.64. The van der Waals surface area contributed by atoms with Gasteiger partial charge in [0.15, 0.2) is 0 Å². The number of hydrogen-bond acceptors (Lipinski definition) is 0. The predicted octanol–water partition coefficient (Wildman–Crippen LogP) is 7.85. The third-order valence-corrected chi connectivity index (χ3v) is 3.97. The van der Waals surface area contributed by atoms with Gasteiger partial charge in [-0.05, 0) is 30.0 Å². The molecule has 0 fully saturated rings. The zero-order valence-corrected chi connectivity index (χ0v) is 15.1. The largest absolute Gasteiger partial charge is 0.458 e. The van der Waals surface area contributed by atoms with Gasteiger partial charge in [0.25, 0.3) is 0 Å². The summed E-state index contributed by atoms with van der Waals surface area (Å²) in [6.45, 7) is 1.98. The summed E-state index contributed by atoms with van der Waals surface area (Å²) < 4.78 is 197. The molecule has 0 bridgehead atoms. The Morgan fingerprint density at radius 3 is 1.06 bits per heavy atom. The van der Waals surface area contributed by atoms with Gasteiger partial charge >= 0.3 is 36.3 Å². The molecule has 31 heavy (non-hydrogen) atoms. The van der Waals surface area contributed by atoms with Crippen molar-refractivity contribution in [2.75, 3.05) is 0 Å². The fraction of sp³-hybridized carbons (Fsp3) is 0.625. The molecule has 1 aromatic carbocycles. The molecule has 0 saturated carbocycles. The van der Waals surface area contributed by atoms with Crippen LogP contribution in [0.25, 0.3) is 0 Å². The first-order valence-corrected chi connectivity index (χ1v) is 7.91. The molecular weight excluding hydrogens is 477 g/mol. The van der Waals surface area contributed by atoms with E-state index in [0.29, 0.717) is 0 Å². The normalized spacial score (nSPS) is 15.0. The minimum Gasteiger partial charge on any atom is -0.191 e. The van der Waals surface area contributed by atoms with Crippen LogP contribution in [0.3, 0.4) is 0 Å². The summed E-state index contributed by atoms with van der Waals surface area (Å²) in [6.07, 6.45) is -21.5. The fourth-order valence-corrected chi connectivity index (χ4v) is 2.51. The summed E-state index contributed by atoms with van der Waals surface area (Å²) in [4.78, 5) is 0. The Kier molecular flexibility index (Phi) is 6.71. The maximum Gasteiger partial charge on any atom is 0.458 e. The van der Waals surface area contributed by atoms with Crippen LogP contribution in [0.1, 0.15) is 36.1 Å². The van der Waals surface area contributed by atoms with E-state index >= 15 is 0 Å².